The largest absolute Gasteiger partial charge is 0.444 e. The monoisotopic (exact) mass is 824 g/mol. The van der Waals surface area contributed by atoms with Gasteiger partial charge in [0, 0.05) is 52.2 Å². The van der Waals surface area contributed by atoms with Crippen molar-refractivity contribution in [1.82, 2.24) is 20.4 Å². The van der Waals surface area contributed by atoms with E-state index in [4.69, 9.17) is 4.74 Å². The number of hydrogen-bond acceptors (Lipinski definition) is 8. The summed E-state index contributed by atoms with van der Waals surface area (Å²) in [4.78, 5) is 97.6. The number of alkyl halides is 3. The van der Waals surface area contributed by atoms with Crippen LogP contribution in [0.5, 0.6) is 0 Å². The number of carbonyl (C=O) groups is 7. The number of piperidine rings is 1. The minimum absolute atomic E-state index is 0.119. The third kappa shape index (κ3) is 11.0. The number of nitrogens with zero attached hydrogens (tertiary/aromatic N) is 2. The Kier molecular flexibility index (Phi) is 13.5. The van der Waals surface area contributed by atoms with Crippen molar-refractivity contribution in [2.45, 2.75) is 109 Å². The number of amides is 4. The van der Waals surface area contributed by atoms with E-state index in [2.05, 4.69) is 10.6 Å². The number of fused-ring (bicyclic) bond motifs is 2. The second kappa shape index (κ2) is 17.6. The van der Waals surface area contributed by atoms with Gasteiger partial charge < -0.3 is 25.2 Å². The molecule has 2 N–H and O–H groups in total. The molecule has 1 heterocycles. The van der Waals surface area contributed by atoms with Gasteiger partial charge in [-0.3, -0.25) is 28.8 Å². The van der Waals surface area contributed by atoms with Crippen LogP contribution >= 0.6 is 0 Å². The van der Waals surface area contributed by atoms with Crippen molar-refractivity contribution < 1.29 is 51.5 Å². The lowest BCUT2D eigenvalue weighted by Gasteiger charge is -2.35. The minimum Gasteiger partial charge on any atom is -0.444 e. The summed E-state index contributed by atoms with van der Waals surface area (Å²) in [6.45, 7) is 9.09. The molecule has 12 nitrogen and oxygen atoms in total. The van der Waals surface area contributed by atoms with E-state index in [1.807, 2.05) is 38.1 Å². The summed E-state index contributed by atoms with van der Waals surface area (Å²) < 4.78 is 46.2. The highest BCUT2D eigenvalue weighted by atomic mass is 19.4. The highest BCUT2D eigenvalue weighted by Crippen LogP contribution is 2.65. The number of hydrogen-bond donors (Lipinski definition) is 2. The van der Waals surface area contributed by atoms with Crippen LogP contribution in [0.15, 0.2) is 54.6 Å². The van der Waals surface area contributed by atoms with Crippen LogP contribution in [0.25, 0.3) is 0 Å². The number of ether oxygens (including phenoxy) is 1. The van der Waals surface area contributed by atoms with Gasteiger partial charge >= 0.3 is 12.3 Å². The number of Topliss-reactive ketones (excluding diaryl/α,β-unsaturated/α-hetero) is 3. The Morgan fingerprint density at radius 3 is 2.03 bits per heavy atom. The number of ketones is 3. The Bertz CT molecular complexity index is 1920. The van der Waals surface area contributed by atoms with Crippen molar-refractivity contribution in [2.75, 3.05) is 20.6 Å². The molecule has 0 radical (unpaired) electrons. The van der Waals surface area contributed by atoms with Crippen molar-refractivity contribution in [3.05, 3.63) is 71.3 Å². The zero-order valence-electron chi connectivity index (χ0n) is 34.7. The zero-order chi connectivity index (χ0) is 43.6. The van der Waals surface area contributed by atoms with E-state index in [0.717, 1.165) is 11.1 Å². The average Bonchev–Trinajstić information content (AvgIpc) is 3.51. The maximum atomic E-state index is 14.6. The predicted octanol–water partition coefficient (Wildman–Crippen LogP) is 5.56. The summed E-state index contributed by atoms with van der Waals surface area (Å²) in [5.41, 5.74) is 1.25. The molecule has 1 aliphatic heterocycles. The molecular weight excluding hydrogens is 769 g/mol. The Labute approximate surface area is 343 Å². The van der Waals surface area contributed by atoms with Gasteiger partial charge in [-0.05, 0) is 79.9 Å². The highest BCUT2D eigenvalue weighted by Gasteiger charge is 2.69. The van der Waals surface area contributed by atoms with Gasteiger partial charge in [-0.2, -0.15) is 13.2 Å². The summed E-state index contributed by atoms with van der Waals surface area (Å²) in [5, 5.41) is 5.34. The number of benzene rings is 2. The Morgan fingerprint density at radius 2 is 1.47 bits per heavy atom. The summed E-state index contributed by atoms with van der Waals surface area (Å²) in [7, 11) is 3.02. The van der Waals surface area contributed by atoms with Gasteiger partial charge in [0.25, 0.3) is 0 Å². The molecule has 1 unspecified atom stereocenters. The molecular formula is C44H55F3N4O8. The molecule has 15 heteroatoms. The zero-order valence-corrected chi connectivity index (χ0v) is 34.7. The van der Waals surface area contributed by atoms with Crippen LogP contribution in [-0.4, -0.2) is 95.5 Å². The minimum atomic E-state index is -4.70. The first-order chi connectivity index (χ1) is 27.5. The van der Waals surface area contributed by atoms with Crippen molar-refractivity contribution in [3.8, 4) is 0 Å². The molecule has 0 bridgehead atoms. The third-order valence-corrected chi connectivity index (χ3v) is 11.9. The van der Waals surface area contributed by atoms with Crippen LogP contribution in [0.1, 0.15) is 89.5 Å². The predicted molar refractivity (Wildman–Crippen MR) is 210 cm³/mol. The van der Waals surface area contributed by atoms with Gasteiger partial charge in [0.15, 0.2) is 11.6 Å². The fraction of sp³-hybridized carbons (Fsp3) is 0.568. The lowest BCUT2D eigenvalue weighted by molar-refractivity contribution is -0.148. The molecule has 2 aliphatic carbocycles. The molecule has 2 aromatic rings. The van der Waals surface area contributed by atoms with Crippen LogP contribution in [0.4, 0.5) is 18.0 Å². The van der Waals surface area contributed by atoms with E-state index in [9.17, 15) is 46.7 Å². The second-order valence-electron chi connectivity index (χ2n) is 17.9. The molecule has 1 saturated carbocycles. The molecule has 1 saturated heterocycles. The first-order valence-corrected chi connectivity index (χ1v) is 20.1. The number of likely N-dealkylation sites (tertiary alicyclic amines) is 1. The van der Waals surface area contributed by atoms with E-state index in [-0.39, 0.29) is 24.3 Å². The van der Waals surface area contributed by atoms with E-state index in [1.165, 1.54) is 23.9 Å². The van der Waals surface area contributed by atoms with Crippen molar-refractivity contribution in [2.24, 2.45) is 29.1 Å². The van der Waals surface area contributed by atoms with Gasteiger partial charge in [0.1, 0.15) is 17.7 Å². The smallest absolute Gasteiger partial charge is 0.408 e. The number of likely N-dealkylation sites (N-methyl/N-ethyl adjacent to an activating group) is 1. The molecule has 0 spiro atoms. The number of alkyl carbamates (subject to hydrolysis) is 1. The fourth-order valence-electron chi connectivity index (χ4n) is 8.74. The average molecular weight is 825 g/mol. The van der Waals surface area contributed by atoms with E-state index in [1.54, 1.807) is 51.1 Å². The van der Waals surface area contributed by atoms with Gasteiger partial charge in [0.05, 0.1) is 6.04 Å². The molecule has 59 heavy (non-hydrogen) atoms. The van der Waals surface area contributed by atoms with Crippen LogP contribution in [0.2, 0.25) is 0 Å². The Morgan fingerprint density at radius 1 is 0.881 bits per heavy atom. The number of halogens is 3. The first kappa shape index (κ1) is 45.0. The maximum Gasteiger partial charge on any atom is 0.408 e. The Balaban J connectivity index is 1.33. The van der Waals surface area contributed by atoms with E-state index >= 15 is 0 Å². The normalized spacial score (nSPS) is 21.0. The van der Waals surface area contributed by atoms with Gasteiger partial charge in [-0.25, -0.2) is 4.79 Å². The standard InChI is InChI=1S/C44H55F3N4O8/c1-42(2,3)59-41(58)49-36(29-21-26-15-11-12-16-27(26)22-29)40(57)51-24-30-34(43(30,4)5)37(51)32(53)23-28(19-20-44(45,46)47)38(55)31(52)17-18-33(54)48-35(39(56)50(6)7)25-13-9-8-10-14-25/h8-16,28-30,34-37H,17-24H2,1-7H3,(H,48,54)(H,49,58)/t28?,30-,34-,35-,36-,37+/m0/s1. The molecule has 0 aromatic heterocycles. The van der Waals surface area contributed by atoms with Crippen LogP contribution in [0, 0.1) is 29.1 Å². The molecule has 320 valence electrons. The molecule has 6 atom stereocenters. The number of carbonyl (C=O) groups excluding carboxylic acids is 7. The van der Waals surface area contributed by atoms with Crippen LogP contribution in [0.3, 0.4) is 0 Å². The molecule has 3 aliphatic rings. The molecule has 4 amide bonds. The van der Waals surface area contributed by atoms with Gasteiger partial charge in [0.2, 0.25) is 23.5 Å². The van der Waals surface area contributed by atoms with Crippen molar-refractivity contribution in [1.29, 1.82) is 0 Å². The van der Waals surface area contributed by atoms with Crippen LogP contribution in [-0.2, 0) is 46.3 Å². The van der Waals surface area contributed by atoms with Gasteiger partial charge in [-0.1, -0.05) is 68.4 Å². The summed E-state index contributed by atoms with van der Waals surface area (Å²) in [6.07, 6.45) is -8.78. The van der Waals surface area contributed by atoms with E-state index in [0.29, 0.717) is 18.4 Å². The van der Waals surface area contributed by atoms with Crippen molar-refractivity contribution in [3.63, 3.8) is 0 Å². The summed E-state index contributed by atoms with van der Waals surface area (Å²) in [6, 6.07) is 12.7. The lowest BCUT2D eigenvalue weighted by Crippen LogP contribution is -2.57. The van der Waals surface area contributed by atoms with Crippen LogP contribution < -0.4 is 10.6 Å². The molecule has 2 fully saturated rings. The molecule has 5 rings (SSSR count). The third-order valence-electron chi connectivity index (χ3n) is 11.9. The topological polar surface area (TPSA) is 159 Å². The van der Waals surface area contributed by atoms with Crippen molar-refractivity contribution >= 4 is 41.2 Å². The molecule has 2 aromatic carbocycles. The SMILES string of the molecule is CN(C)C(=O)[C@@H](NC(=O)CCC(=O)C(=O)C(CCC(F)(F)F)CC(=O)[C@@H]1[C@@H]2[C@H](CN1C(=O)[C@@H](NC(=O)OC(C)(C)C)C1Cc3ccccc3C1)C2(C)C)c1ccccc1. The lowest BCUT2D eigenvalue weighted by atomic mass is 9.85. The van der Waals surface area contributed by atoms with Gasteiger partial charge in [-0.15, -0.1) is 0 Å². The maximum absolute atomic E-state index is 14.6. The number of nitrogens with one attached hydrogen (secondary N) is 2. The Hall–Kier alpha value is -5.08. The number of rotatable bonds is 16. The highest BCUT2D eigenvalue weighted by molar-refractivity contribution is 6.38. The van der Waals surface area contributed by atoms with E-state index < -0.39 is 115 Å². The second-order valence-corrected chi connectivity index (χ2v) is 17.9. The first-order valence-electron chi connectivity index (χ1n) is 20.1. The summed E-state index contributed by atoms with van der Waals surface area (Å²) in [5.74, 6) is -7.22. The summed E-state index contributed by atoms with van der Waals surface area (Å²) >= 11 is 0. The fourth-order valence-corrected chi connectivity index (χ4v) is 8.74. The quantitative estimate of drug-likeness (QED) is 0.208.